The maximum atomic E-state index is 13.6. The number of hydrogen-bond donors (Lipinski definition) is 1. The molecule has 1 N–H and O–H groups in total. The van der Waals surface area contributed by atoms with Gasteiger partial charge in [0.05, 0.1) is 13.2 Å². The van der Waals surface area contributed by atoms with Crippen molar-refractivity contribution in [3.8, 4) is 5.75 Å². The lowest BCUT2D eigenvalue weighted by Crippen LogP contribution is -2.17. The fourth-order valence-electron chi connectivity index (χ4n) is 4.08. The summed E-state index contributed by atoms with van der Waals surface area (Å²) < 4.78 is 24.7. The molecule has 6 heteroatoms. The van der Waals surface area contributed by atoms with Crippen molar-refractivity contribution < 1.29 is 23.5 Å². The van der Waals surface area contributed by atoms with E-state index in [0.717, 1.165) is 42.4 Å². The number of aromatic hydroxyl groups is 1. The van der Waals surface area contributed by atoms with E-state index in [9.17, 15) is 14.5 Å². The van der Waals surface area contributed by atoms with Crippen LogP contribution in [0.1, 0.15) is 97.8 Å². The quantitative estimate of drug-likeness (QED) is 0.308. The SMILES string of the molecule is CCOP(=O)(OCC)C(C(=O)/C=C/c1cc(C(C)(C)C)cc(C(C)(C)C)c1O)=C1CCCC1. The third kappa shape index (κ3) is 6.68. The Balaban J connectivity index is 2.59. The number of carbonyl (C=O) groups excluding carboxylic acids is 1. The minimum Gasteiger partial charge on any atom is -0.507 e. The van der Waals surface area contributed by atoms with E-state index in [0.29, 0.717) is 5.56 Å². The summed E-state index contributed by atoms with van der Waals surface area (Å²) in [6.45, 7) is 16.4. The molecular formula is C27H41O5P. The van der Waals surface area contributed by atoms with Crippen LogP contribution < -0.4 is 0 Å². The number of carbonyl (C=O) groups is 1. The molecular weight excluding hydrogens is 435 g/mol. The number of phenolic OH excluding ortho intramolecular Hbond substituents is 1. The van der Waals surface area contributed by atoms with E-state index in [-0.39, 0.29) is 40.9 Å². The van der Waals surface area contributed by atoms with Crippen LogP contribution in [-0.4, -0.2) is 24.1 Å². The van der Waals surface area contributed by atoms with Gasteiger partial charge in [0.25, 0.3) is 0 Å². The first-order valence-corrected chi connectivity index (χ1v) is 13.5. The summed E-state index contributed by atoms with van der Waals surface area (Å²) in [5.41, 5.74) is 2.93. The Kier molecular flexibility index (Phi) is 8.95. The van der Waals surface area contributed by atoms with Crippen molar-refractivity contribution in [2.45, 2.75) is 91.9 Å². The standard InChI is InChI=1S/C27H41O5P/c1-9-31-33(30,32-10-2)25(19-13-11-12-14-19)23(28)16-15-20-17-21(26(3,4)5)18-22(24(20)29)27(6,7)8/h15-18,29H,9-14H2,1-8H3/b16-15+. The first kappa shape index (κ1) is 27.6. The van der Waals surface area contributed by atoms with Crippen LogP contribution in [0.5, 0.6) is 5.75 Å². The Hall–Kier alpha value is -1.68. The van der Waals surface area contributed by atoms with Crippen LogP contribution in [0.25, 0.3) is 6.08 Å². The summed E-state index contributed by atoms with van der Waals surface area (Å²) >= 11 is 0. The van der Waals surface area contributed by atoms with Crippen LogP contribution in [0.3, 0.4) is 0 Å². The molecule has 1 aromatic carbocycles. The molecule has 0 atom stereocenters. The molecule has 1 aromatic rings. The summed E-state index contributed by atoms with van der Waals surface area (Å²) in [5, 5.41) is 11.2. The predicted molar refractivity (Wildman–Crippen MR) is 136 cm³/mol. The molecule has 0 radical (unpaired) electrons. The van der Waals surface area contributed by atoms with Gasteiger partial charge in [0.1, 0.15) is 11.1 Å². The van der Waals surface area contributed by atoms with Crippen molar-refractivity contribution in [2.75, 3.05) is 13.2 Å². The second kappa shape index (κ2) is 10.7. The van der Waals surface area contributed by atoms with Gasteiger partial charge in [0, 0.05) is 11.1 Å². The molecule has 1 fully saturated rings. The molecule has 0 aromatic heterocycles. The molecule has 0 heterocycles. The molecule has 184 valence electrons. The maximum Gasteiger partial charge on any atom is 0.365 e. The van der Waals surface area contributed by atoms with E-state index in [4.69, 9.17) is 9.05 Å². The highest BCUT2D eigenvalue weighted by atomic mass is 31.2. The average molecular weight is 477 g/mol. The van der Waals surface area contributed by atoms with Crippen molar-refractivity contribution in [1.82, 2.24) is 0 Å². The number of phenols is 1. The highest BCUT2D eigenvalue weighted by Gasteiger charge is 2.37. The van der Waals surface area contributed by atoms with Gasteiger partial charge in [0.2, 0.25) is 0 Å². The molecule has 0 spiro atoms. The van der Waals surface area contributed by atoms with Crippen LogP contribution in [0, 0.1) is 0 Å². The third-order valence-corrected chi connectivity index (χ3v) is 8.16. The van der Waals surface area contributed by atoms with Gasteiger partial charge in [-0.2, -0.15) is 0 Å². The van der Waals surface area contributed by atoms with Crippen LogP contribution in [0.4, 0.5) is 0 Å². The minimum atomic E-state index is -3.72. The van der Waals surface area contributed by atoms with E-state index in [1.165, 1.54) is 6.08 Å². The zero-order chi connectivity index (χ0) is 25.0. The van der Waals surface area contributed by atoms with E-state index in [1.807, 2.05) is 12.1 Å². The van der Waals surface area contributed by atoms with E-state index in [2.05, 4.69) is 41.5 Å². The summed E-state index contributed by atoms with van der Waals surface area (Å²) in [7, 11) is -3.72. The highest BCUT2D eigenvalue weighted by Crippen LogP contribution is 2.59. The largest absolute Gasteiger partial charge is 0.507 e. The Labute approximate surface area is 199 Å². The molecule has 1 aliphatic rings. The summed E-state index contributed by atoms with van der Waals surface area (Å²) in [6.07, 6.45) is 6.38. The lowest BCUT2D eigenvalue weighted by atomic mass is 9.79. The van der Waals surface area contributed by atoms with E-state index in [1.54, 1.807) is 19.9 Å². The number of allylic oxidation sites excluding steroid dienone is 3. The molecule has 0 unspecified atom stereocenters. The normalized spacial score (nSPS) is 15.5. The van der Waals surface area contributed by atoms with Gasteiger partial charge in [-0.1, -0.05) is 53.2 Å². The summed E-state index contributed by atoms with van der Waals surface area (Å²) in [6, 6.07) is 3.96. The Morgan fingerprint density at radius 1 is 1.00 bits per heavy atom. The lowest BCUT2D eigenvalue weighted by molar-refractivity contribution is -0.110. The molecule has 0 bridgehead atoms. The molecule has 0 saturated heterocycles. The molecule has 1 aliphatic carbocycles. The molecule has 5 nitrogen and oxygen atoms in total. The van der Waals surface area contributed by atoms with E-state index < -0.39 is 7.60 Å². The van der Waals surface area contributed by atoms with Gasteiger partial charge < -0.3 is 14.2 Å². The predicted octanol–water partition coefficient (Wildman–Crippen LogP) is 7.66. The van der Waals surface area contributed by atoms with Crippen molar-refractivity contribution >= 4 is 19.5 Å². The zero-order valence-electron chi connectivity index (χ0n) is 21.6. The van der Waals surface area contributed by atoms with Crippen LogP contribution in [0.2, 0.25) is 0 Å². The Morgan fingerprint density at radius 3 is 2.00 bits per heavy atom. The monoisotopic (exact) mass is 476 g/mol. The number of ketones is 1. The third-order valence-electron chi connectivity index (χ3n) is 5.88. The Bertz CT molecular complexity index is 955. The van der Waals surface area contributed by atoms with Gasteiger partial charge in [-0.3, -0.25) is 9.36 Å². The topological polar surface area (TPSA) is 72.8 Å². The second-order valence-electron chi connectivity index (χ2n) is 10.7. The van der Waals surface area contributed by atoms with Gasteiger partial charge >= 0.3 is 7.60 Å². The first-order chi connectivity index (χ1) is 15.2. The molecule has 0 aliphatic heterocycles. The molecule has 0 amide bonds. The fourth-order valence-corrected chi connectivity index (χ4v) is 6.05. The Morgan fingerprint density at radius 2 is 1.55 bits per heavy atom. The zero-order valence-corrected chi connectivity index (χ0v) is 22.5. The van der Waals surface area contributed by atoms with Crippen LogP contribution in [-0.2, 0) is 29.2 Å². The molecule has 2 rings (SSSR count). The van der Waals surface area contributed by atoms with Crippen molar-refractivity contribution in [1.29, 1.82) is 0 Å². The van der Waals surface area contributed by atoms with Gasteiger partial charge in [0.15, 0.2) is 5.78 Å². The average Bonchev–Trinajstić information content (AvgIpc) is 3.19. The van der Waals surface area contributed by atoms with Crippen LogP contribution in [0.15, 0.2) is 29.1 Å². The first-order valence-electron chi connectivity index (χ1n) is 12.0. The van der Waals surface area contributed by atoms with Gasteiger partial charge in [-0.25, -0.2) is 0 Å². The van der Waals surface area contributed by atoms with Gasteiger partial charge in [-0.05, 0) is 74.1 Å². The maximum absolute atomic E-state index is 13.6. The van der Waals surface area contributed by atoms with Crippen LogP contribution >= 0.6 is 7.60 Å². The molecule has 33 heavy (non-hydrogen) atoms. The lowest BCUT2D eigenvalue weighted by Gasteiger charge is -2.27. The second-order valence-corrected chi connectivity index (χ2v) is 12.6. The number of rotatable bonds is 8. The fraction of sp³-hybridized carbons (Fsp3) is 0.593. The van der Waals surface area contributed by atoms with Crippen molar-refractivity contribution in [2.24, 2.45) is 0 Å². The van der Waals surface area contributed by atoms with Crippen molar-refractivity contribution in [3.05, 3.63) is 45.8 Å². The number of benzene rings is 1. The summed E-state index contributed by atoms with van der Waals surface area (Å²) in [5.74, 6) is -0.220. The summed E-state index contributed by atoms with van der Waals surface area (Å²) in [4.78, 5) is 13.4. The minimum absolute atomic E-state index is 0.128. The van der Waals surface area contributed by atoms with Crippen molar-refractivity contribution in [3.63, 3.8) is 0 Å². The number of hydrogen-bond acceptors (Lipinski definition) is 5. The molecule has 1 saturated carbocycles. The smallest absolute Gasteiger partial charge is 0.365 e. The van der Waals surface area contributed by atoms with E-state index >= 15 is 0 Å². The highest BCUT2D eigenvalue weighted by molar-refractivity contribution is 7.60. The van der Waals surface area contributed by atoms with Gasteiger partial charge in [-0.15, -0.1) is 0 Å².